The molecular weight excluding hydrogens is 146 g/mol. The lowest BCUT2D eigenvalue weighted by atomic mass is 10.3. The zero-order valence-corrected chi connectivity index (χ0v) is 6.29. The first-order chi connectivity index (χ1) is 5.20. The lowest BCUT2D eigenvalue weighted by Gasteiger charge is -2.05. The fraction of sp³-hybridized carbons (Fsp3) is 0.857. The molecule has 1 atom stereocenters. The van der Waals surface area contributed by atoms with E-state index in [0.29, 0.717) is 0 Å². The van der Waals surface area contributed by atoms with Crippen LogP contribution in [0.15, 0.2) is 0 Å². The molecule has 1 fully saturated rings. The molecule has 4 nitrogen and oxygen atoms in total. The number of carboxylic acid groups (broad SMARTS) is 1. The average Bonchev–Trinajstić information content (AvgIpc) is 2.71. The summed E-state index contributed by atoms with van der Waals surface area (Å²) in [6.45, 7) is 0.996. The Morgan fingerprint density at radius 2 is 2.27 bits per heavy atom. The molecule has 0 radical (unpaired) electrons. The standard InChI is InChI=1S/C7H13NO3/c9-6(7(10)11)4-8-3-5-1-2-5/h5-6,8-9H,1-4H2,(H,10,11). The minimum atomic E-state index is -1.26. The largest absolute Gasteiger partial charge is 0.479 e. The van der Waals surface area contributed by atoms with E-state index in [9.17, 15) is 4.79 Å². The van der Waals surface area contributed by atoms with Crippen molar-refractivity contribution in [3.8, 4) is 0 Å². The minimum absolute atomic E-state index is 0.159. The molecule has 11 heavy (non-hydrogen) atoms. The van der Waals surface area contributed by atoms with Crippen molar-refractivity contribution >= 4 is 5.97 Å². The molecule has 1 rings (SSSR count). The van der Waals surface area contributed by atoms with Crippen molar-refractivity contribution in [1.82, 2.24) is 5.32 Å². The molecule has 1 aliphatic carbocycles. The molecule has 1 unspecified atom stereocenters. The van der Waals surface area contributed by atoms with Gasteiger partial charge in [-0.3, -0.25) is 0 Å². The normalized spacial score (nSPS) is 19.7. The van der Waals surface area contributed by atoms with Crippen molar-refractivity contribution in [2.24, 2.45) is 5.92 Å². The highest BCUT2D eigenvalue weighted by Gasteiger charge is 2.21. The number of hydrogen-bond donors (Lipinski definition) is 3. The van der Waals surface area contributed by atoms with Crippen LogP contribution >= 0.6 is 0 Å². The molecule has 1 saturated carbocycles. The number of rotatable bonds is 5. The van der Waals surface area contributed by atoms with Crippen LogP contribution in [0.3, 0.4) is 0 Å². The fourth-order valence-corrected chi connectivity index (χ4v) is 0.833. The number of aliphatic carboxylic acids is 1. The number of hydrogen-bond acceptors (Lipinski definition) is 3. The Hall–Kier alpha value is -0.610. The van der Waals surface area contributed by atoms with Crippen LogP contribution < -0.4 is 5.32 Å². The number of carbonyl (C=O) groups is 1. The number of aliphatic hydroxyl groups excluding tert-OH is 1. The second-order valence-electron chi connectivity index (χ2n) is 2.96. The highest BCUT2D eigenvalue weighted by Crippen LogP contribution is 2.27. The van der Waals surface area contributed by atoms with E-state index in [2.05, 4.69) is 5.32 Å². The molecule has 0 aromatic rings. The summed E-state index contributed by atoms with van der Waals surface area (Å²) in [5, 5.41) is 20.0. The van der Waals surface area contributed by atoms with Crippen LogP contribution in [0.1, 0.15) is 12.8 Å². The third kappa shape index (κ3) is 3.34. The molecule has 0 heterocycles. The van der Waals surface area contributed by atoms with Gasteiger partial charge in [0.1, 0.15) is 0 Å². The van der Waals surface area contributed by atoms with E-state index in [1.54, 1.807) is 0 Å². The molecule has 0 amide bonds. The van der Waals surface area contributed by atoms with Crippen LogP contribution in [-0.2, 0) is 4.79 Å². The second kappa shape index (κ2) is 3.69. The van der Waals surface area contributed by atoms with Gasteiger partial charge in [0.25, 0.3) is 0 Å². The smallest absolute Gasteiger partial charge is 0.333 e. The Balaban J connectivity index is 1.96. The van der Waals surface area contributed by atoms with Crippen LogP contribution in [0.4, 0.5) is 0 Å². The third-order valence-electron chi connectivity index (χ3n) is 1.75. The lowest BCUT2D eigenvalue weighted by molar-refractivity contribution is -0.146. The monoisotopic (exact) mass is 159 g/mol. The Morgan fingerprint density at radius 1 is 1.64 bits per heavy atom. The van der Waals surface area contributed by atoms with E-state index in [1.807, 2.05) is 0 Å². The molecule has 0 aliphatic heterocycles. The highest BCUT2D eigenvalue weighted by atomic mass is 16.4. The number of nitrogens with one attached hydrogen (secondary N) is 1. The molecular formula is C7H13NO3. The Labute approximate surface area is 65.2 Å². The maximum absolute atomic E-state index is 10.1. The third-order valence-corrected chi connectivity index (χ3v) is 1.75. The van der Waals surface area contributed by atoms with E-state index in [-0.39, 0.29) is 6.54 Å². The summed E-state index contributed by atoms with van der Waals surface area (Å²) in [5.41, 5.74) is 0. The van der Waals surface area contributed by atoms with Crippen LogP contribution in [0.25, 0.3) is 0 Å². The molecule has 0 spiro atoms. The molecule has 1 aliphatic rings. The van der Waals surface area contributed by atoms with E-state index in [4.69, 9.17) is 10.2 Å². The fourth-order valence-electron chi connectivity index (χ4n) is 0.833. The zero-order chi connectivity index (χ0) is 8.27. The van der Waals surface area contributed by atoms with Gasteiger partial charge in [-0.1, -0.05) is 0 Å². The summed E-state index contributed by atoms with van der Waals surface area (Å²) in [5.74, 6) is -0.440. The molecule has 0 bridgehead atoms. The van der Waals surface area contributed by atoms with E-state index < -0.39 is 12.1 Å². The van der Waals surface area contributed by atoms with E-state index in [0.717, 1.165) is 12.5 Å². The maximum Gasteiger partial charge on any atom is 0.333 e. The van der Waals surface area contributed by atoms with Gasteiger partial charge < -0.3 is 15.5 Å². The second-order valence-corrected chi connectivity index (χ2v) is 2.96. The summed E-state index contributed by atoms with van der Waals surface area (Å²) in [6, 6.07) is 0. The predicted molar refractivity (Wildman–Crippen MR) is 39.2 cm³/mol. The lowest BCUT2D eigenvalue weighted by Crippen LogP contribution is -2.33. The van der Waals surface area contributed by atoms with Gasteiger partial charge in [-0.15, -0.1) is 0 Å². The summed E-state index contributed by atoms with van der Waals surface area (Å²) < 4.78 is 0. The average molecular weight is 159 g/mol. The first kappa shape index (κ1) is 8.49. The Morgan fingerprint density at radius 3 is 2.73 bits per heavy atom. The quantitative estimate of drug-likeness (QED) is 0.502. The van der Waals surface area contributed by atoms with Crippen LogP contribution in [0, 0.1) is 5.92 Å². The summed E-state index contributed by atoms with van der Waals surface area (Å²) in [7, 11) is 0. The summed E-state index contributed by atoms with van der Waals surface area (Å²) in [6.07, 6.45) is 1.21. The maximum atomic E-state index is 10.1. The summed E-state index contributed by atoms with van der Waals surface area (Å²) >= 11 is 0. The van der Waals surface area contributed by atoms with E-state index in [1.165, 1.54) is 12.8 Å². The molecule has 3 N–H and O–H groups in total. The van der Waals surface area contributed by atoms with Crippen molar-refractivity contribution in [3.05, 3.63) is 0 Å². The van der Waals surface area contributed by atoms with Crippen LogP contribution in [0.2, 0.25) is 0 Å². The van der Waals surface area contributed by atoms with Gasteiger partial charge in [-0.25, -0.2) is 4.79 Å². The molecule has 0 saturated heterocycles. The van der Waals surface area contributed by atoms with Crippen molar-refractivity contribution in [2.75, 3.05) is 13.1 Å². The van der Waals surface area contributed by atoms with Crippen molar-refractivity contribution in [3.63, 3.8) is 0 Å². The molecule has 4 heteroatoms. The highest BCUT2D eigenvalue weighted by molar-refractivity contribution is 5.72. The Bertz CT molecular complexity index is 145. The predicted octanol–water partition coefficient (Wildman–Crippen LogP) is -0.569. The molecule has 0 aromatic carbocycles. The first-order valence-corrected chi connectivity index (χ1v) is 3.81. The van der Waals surface area contributed by atoms with Gasteiger partial charge in [-0.05, 0) is 25.3 Å². The van der Waals surface area contributed by atoms with Crippen molar-refractivity contribution < 1.29 is 15.0 Å². The SMILES string of the molecule is O=C(O)C(O)CNCC1CC1. The van der Waals surface area contributed by atoms with Gasteiger partial charge in [0.2, 0.25) is 0 Å². The van der Waals surface area contributed by atoms with Crippen molar-refractivity contribution in [1.29, 1.82) is 0 Å². The van der Waals surface area contributed by atoms with E-state index >= 15 is 0 Å². The zero-order valence-electron chi connectivity index (χ0n) is 6.29. The number of aliphatic hydroxyl groups is 1. The van der Waals surface area contributed by atoms with Gasteiger partial charge in [0.15, 0.2) is 6.10 Å². The topological polar surface area (TPSA) is 69.6 Å². The van der Waals surface area contributed by atoms with Crippen LogP contribution in [0.5, 0.6) is 0 Å². The van der Waals surface area contributed by atoms with Crippen molar-refractivity contribution in [2.45, 2.75) is 18.9 Å². The molecule has 0 aromatic heterocycles. The first-order valence-electron chi connectivity index (χ1n) is 3.81. The number of carboxylic acids is 1. The van der Waals surface area contributed by atoms with Gasteiger partial charge in [-0.2, -0.15) is 0 Å². The molecule has 64 valence electrons. The van der Waals surface area contributed by atoms with Crippen LogP contribution in [-0.4, -0.2) is 35.4 Å². The van der Waals surface area contributed by atoms with Gasteiger partial charge in [0, 0.05) is 6.54 Å². The van der Waals surface area contributed by atoms with Gasteiger partial charge in [0.05, 0.1) is 0 Å². The Kier molecular flexibility index (Phi) is 2.84. The summed E-state index contributed by atoms with van der Waals surface area (Å²) in [4.78, 5) is 10.1. The minimum Gasteiger partial charge on any atom is -0.479 e. The van der Waals surface area contributed by atoms with Gasteiger partial charge >= 0.3 is 5.97 Å².